The molecule has 1 heterocycles. The molecule has 3 rings (SSSR count). The molecule has 0 aliphatic carbocycles. The van der Waals surface area contributed by atoms with Gasteiger partial charge in [-0.05, 0) is 59.0 Å². The Hall–Kier alpha value is -1.69. The number of sulfonamides is 1. The third-order valence-electron chi connectivity index (χ3n) is 3.88. The highest BCUT2D eigenvalue weighted by Gasteiger charge is 2.31. The van der Waals surface area contributed by atoms with Crippen molar-refractivity contribution in [2.75, 3.05) is 29.8 Å². The van der Waals surface area contributed by atoms with E-state index in [9.17, 15) is 21.6 Å². The average Bonchev–Trinajstić information content (AvgIpc) is 2.55. The molecule has 2 aromatic carbocycles. The maximum atomic E-state index is 12.7. The predicted octanol–water partition coefficient (Wildman–Crippen LogP) is 3.94. The average molecular weight is 498 g/mol. The molecular weight excluding hydrogens is 484 g/mol. The van der Waals surface area contributed by atoms with Crippen molar-refractivity contribution in [2.24, 2.45) is 0 Å². The number of anilines is 2. The molecule has 0 radical (unpaired) electrons. The number of halogens is 4. The second kappa shape index (κ2) is 6.80. The molecule has 26 heavy (non-hydrogen) atoms. The zero-order valence-electron chi connectivity index (χ0n) is 13.5. The van der Waals surface area contributed by atoms with Gasteiger partial charge in [0.2, 0.25) is 0 Å². The fourth-order valence-electron chi connectivity index (χ4n) is 2.48. The molecule has 0 saturated carbocycles. The number of nitrogens with one attached hydrogen (secondary N) is 1. The van der Waals surface area contributed by atoms with Crippen LogP contribution in [-0.4, -0.2) is 28.6 Å². The maximum Gasteiger partial charge on any atom is 0.416 e. The van der Waals surface area contributed by atoms with Crippen molar-refractivity contribution in [1.29, 1.82) is 0 Å². The van der Waals surface area contributed by atoms with E-state index in [1.54, 1.807) is 28.7 Å². The molecule has 0 saturated heterocycles. The first kappa shape index (κ1) is 19.1. The van der Waals surface area contributed by atoms with Gasteiger partial charge in [-0.2, -0.15) is 13.2 Å². The third kappa shape index (κ3) is 3.85. The maximum absolute atomic E-state index is 12.7. The van der Waals surface area contributed by atoms with Crippen LogP contribution >= 0.6 is 22.6 Å². The van der Waals surface area contributed by atoms with Crippen LogP contribution in [0.1, 0.15) is 5.56 Å². The molecule has 10 heteroatoms. The van der Waals surface area contributed by atoms with E-state index in [2.05, 4.69) is 4.72 Å². The summed E-state index contributed by atoms with van der Waals surface area (Å²) in [6.45, 7) is 1.14. The van der Waals surface area contributed by atoms with Crippen LogP contribution in [0, 0.1) is 3.57 Å². The van der Waals surface area contributed by atoms with Crippen LogP contribution in [0.2, 0.25) is 0 Å². The summed E-state index contributed by atoms with van der Waals surface area (Å²) in [5.74, 6) is 0.585. The number of alkyl halides is 3. The third-order valence-corrected chi connectivity index (χ3v) is 6.13. The van der Waals surface area contributed by atoms with E-state index >= 15 is 0 Å². The van der Waals surface area contributed by atoms with Gasteiger partial charge in [-0.1, -0.05) is 0 Å². The minimum absolute atomic E-state index is 0.00398. The van der Waals surface area contributed by atoms with E-state index in [-0.39, 0.29) is 14.2 Å². The molecule has 0 unspecified atom stereocenters. The lowest BCUT2D eigenvalue weighted by Crippen LogP contribution is -2.29. The Labute approximate surface area is 162 Å². The van der Waals surface area contributed by atoms with Crippen LogP contribution in [0.25, 0.3) is 0 Å². The standard InChI is InChI=1S/C16H14F3IN2O3S/c1-22-6-7-25-15-5-3-11(9-14(15)22)26(23,24)21-13-4-2-10(8-12(13)20)16(17,18)19/h2-5,8-9,21H,6-7H2,1H3. The van der Waals surface area contributed by atoms with E-state index in [1.165, 1.54) is 12.1 Å². The summed E-state index contributed by atoms with van der Waals surface area (Å²) in [6.07, 6.45) is -4.49. The molecule has 0 fully saturated rings. The summed E-state index contributed by atoms with van der Waals surface area (Å²) >= 11 is 1.67. The molecule has 1 N–H and O–H groups in total. The monoisotopic (exact) mass is 498 g/mol. The van der Waals surface area contributed by atoms with Crippen molar-refractivity contribution in [3.8, 4) is 5.75 Å². The Kier molecular flexibility index (Phi) is 4.99. The van der Waals surface area contributed by atoms with Crippen molar-refractivity contribution < 1.29 is 26.3 Å². The molecule has 1 aliphatic heterocycles. The number of hydrogen-bond donors (Lipinski definition) is 1. The van der Waals surface area contributed by atoms with Gasteiger partial charge in [0, 0.05) is 10.6 Å². The van der Waals surface area contributed by atoms with E-state index in [0.717, 1.165) is 18.2 Å². The molecule has 5 nitrogen and oxygen atoms in total. The number of fused-ring (bicyclic) bond motifs is 1. The van der Waals surface area contributed by atoms with Gasteiger partial charge in [-0.3, -0.25) is 4.72 Å². The zero-order chi connectivity index (χ0) is 19.1. The summed E-state index contributed by atoms with van der Waals surface area (Å²) < 4.78 is 71.5. The number of rotatable bonds is 3. The van der Waals surface area contributed by atoms with Crippen molar-refractivity contribution in [1.82, 2.24) is 0 Å². The Morgan fingerprint density at radius 1 is 1.19 bits per heavy atom. The van der Waals surface area contributed by atoms with Gasteiger partial charge >= 0.3 is 6.18 Å². The van der Waals surface area contributed by atoms with Crippen molar-refractivity contribution in [3.05, 3.63) is 45.5 Å². The minimum Gasteiger partial charge on any atom is -0.490 e. The fourth-order valence-corrected chi connectivity index (χ4v) is 4.41. The zero-order valence-corrected chi connectivity index (χ0v) is 16.4. The smallest absolute Gasteiger partial charge is 0.416 e. The van der Waals surface area contributed by atoms with Gasteiger partial charge in [0.25, 0.3) is 10.0 Å². The van der Waals surface area contributed by atoms with Crippen LogP contribution in [-0.2, 0) is 16.2 Å². The number of likely N-dealkylation sites (N-methyl/N-ethyl adjacent to an activating group) is 1. The molecule has 2 aromatic rings. The van der Waals surface area contributed by atoms with E-state index in [0.29, 0.717) is 24.6 Å². The van der Waals surface area contributed by atoms with Gasteiger partial charge in [0.1, 0.15) is 12.4 Å². The van der Waals surface area contributed by atoms with Gasteiger partial charge < -0.3 is 9.64 Å². The van der Waals surface area contributed by atoms with E-state index < -0.39 is 21.8 Å². The van der Waals surface area contributed by atoms with Crippen molar-refractivity contribution in [3.63, 3.8) is 0 Å². The van der Waals surface area contributed by atoms with Crippen LogP contribution < -0.4 is 14.4 Å². The molecule has 0 bridgehead atoms. The number of ether oxygens (including phenoxy) is 1. The molecule has 0 spiro atoms. The molecule has 0 atom stereocenters. The Morgan fingerprint density at radius 3 is 2.58 bits per heavy atom. The Balaban J connectivity index is 1.91. The lowest BCUT2D eigenvalue weighted by molar-refractivity contribution is -0.137. The van der Waals surface area contributed by atoms with Crippen LogP contribution in [0.5, 0.6) is 5.75 Å². The van der Waals surface area contributed by atoms with Crippen molar-refractivity contribution in [2.45, 2.75) is 11.1 Å². The summed E-state index contributed by atoms with van der Waals surface area (Å²) in [5, 5.41) is 0. The molecule has 0 aromatic heterocycles. The van der Waals surface area contributed by atoms with Crippen LogP contribution in [0.15, 0.2) is 41.3 Å². The normalized spacial score (nSPS) is 14.6. The van der Waals surface area contributed by atoms with Gasteiger partial charge in [0.15, 0.2) is 0 Å². The van der Waals surface area contributed by atoms with Crippen LogP contribution in [0.4, 0.5) is 24.5 Å². The second-order valence-electron chi connectivity index (χ2n) is 5.70. The molecule has 140 valence electrons. The van der Waals surface area contributed by atoms with Gasteiger partial charge in [-0.15, -0.1) is 0 Å². The summed E-state index contributed by atoms with van der Waals surface area (Å²) in [4.78, 5) is 1.88. The first-order chi connectivity index (χ1) is 12.1. The first-order valence-electron chi connectivity index (χ1n) is 7.45. The molecule has 0 amide bonds. The molecule has 1 aliphatic rings. The number of nitrogens with zero attached hydrogens (tertiary/aromatic N) is 1. The van der Waals surface area contributed by atoms with E-state index in [4.69, 9.17) is 4.74 Å². The number of hydrogen-bond acceptors (Lipinski definition) is 4. The van der Waals surface area contributed by atoms with Gasteiger partial charge in [0.05, 0.1) is 28.4 Å². The predicted molar refractivity (Wildman–Crippen MR) is 100 cm³/mol. The highest BCUT2D eigenvalue weighted by atomic mass is 127. The quantitative estimate of drug-likeness (QED) is 0.652. The SMILES string of the molecule is CN1CCOc2ccc(S(=O)(=O)Nc3ccc(C(F)(F)F)cc3I)cc21. The summed E-state index contributed by atoms with van der Waals surface area (Å²) in [7, 11) is -2.14. The topological polar surface area (TPSA) is 58.6 Å². The first-order valence-corrected chi connectivity index (χ1v) is 10.0. The Bertz CT molecular complexity index is 948. The Morgan fingerprint density at radius 2 is 1.92 bits per heavy atom. The fraction of sp³-hybridized carbons (Fsp3) is 0.250. The lowest BCUT2D eigenvalue weighted by Gasteiger charge is -2.28. The van der Waals surface area contributed by atoms with Gasteiger partial charge in [-0.25, -0.2) is 8.42 Å². The summed E-state index contributed by atoms with van der Waals surface area (Å²) in [6, 6.07) is 7.29. The highest BCUT2D eigenvalue weighted by molar-refractivity contribution is 14.1. The van der Waals surface area contributed by atoms with E-state index in [1.807, 2.05) is 11.9 Å². The minimum atomic E-state index is -4.49. The van der Waals surface area contributed by atoms with Crippen molar-refractivity contribution >= 4 is 44.0 Å². The van der Waals surface area contributed by atoms with Crippen LogP contribution in [0.3, 0.4) is 0 Å². The highest BCUT2D eigenvalue weighted by Crippen LogP contribution is 2.35. The lowest BCUT2D eigenvalue weighted by atomic mass is 10.2. The number of benzene rings is 2. The largest absolute Gasteiger partial charge is 0.490 e. The second-order valence-corrected chi connectivity index (χ2v) is 8.54. The summed E-state index contributed by atoms with van der Waals surface area (Å²) in [5.41, 5.74) is -0.112. The molecular formula is C16H14F3IN2O3S.